The third-order valence-corrected chi connectivity index (χ3v) is 7.00. The summed E-state index contributed by atoms with van der Waals surface area (Å²) in [6.45, 7) is 7.44. The molecule has 0 spiro atoms. The van der Waals surface area contributed by atoms with Crippen molar-refractivity contribution in [3.8, 4) is 11.5 Å². The molecule has 222 valence electrons. The molecule has 3 aromatic rings. The fourth-order valence-corrected chi connectivity index (χ4v) is 4.84. The minimum Gasteiger partial charge on any atom is -0.483 e. The van der Waals surface area contributed by atoms with Crippen molar-refractivity contribution in [3.63, 3.8) is 0 Å². The second-order valence-corrected chi connectivity index (χ2v) is 11.6. The third-order valence-electron chi connectivity index (χ3n) is 6.04. The van der Waals surface area contributed by atoms with Crippen LogP contribution >= 0.6 is 0 Å². The van der Waals surface area contributed by atoms with Crippen LogP contribution in [0.5, 0.6) is 11.5 Å². The van der Waals surface area contributed by atoms with Crippen LogP contribution < -0.4 is 19.6 Å². The molecular weight excluding hydrogens is 582 g/mol. The number of fused-ring (bicyclic) bond motifs is 3. The highest BCUT2D eigenvalue weighted by molar-refractivity contribution is 7.88. The monoisotopic (exact) mass is 606 g/mol. The molecule has 0 fully saturated rings. The van der Waals surface area contributed by atoms with Gasteiger partial charge in [0.2, 0.25) is 5.91 Å². The maximum atomic E-state index is 13.6. The number of alkyl halides is 6. The molecule has 0 bridgehead atoms. The molecule has 16 heteroatoms. The molecule has 4 rings (SSSR count). The van der Waals surface area contributed by atoms with Gasteiger partial charge in [0.15, 0.2) is 11.5 Å². The zero-order valence-corrected chi connectivity index (χ0v) is 23.0. The predicted molar refractivity (Wildman–Crippen MR) is 136 cm³/mol. The van der Waals surface area contributed by atoms with E-state index in [0.29, 0.717) is 0 Å². The summed E-state index contributed by atoms with van der Waals surface area (Å²) < 4.78 is 114. The van der Waals surface area contributed by atoms with E-state index in [9.17, 15) is 39.6 Å². The Morgan fingerprint density at radius 3 is 2.34 bits per heavy atom. The van der Waals surface area contributed by atoms with Crippen molar-refractivity contribution in [2.75, 3.05) is 10.6 Å². The second-order valence-electron chi connectivity index (χ2n) is 10.1. The summed E-state index contributed by atoms with van der Waals surface area (Å²) >= 11 is 0. The number of nitrogens with zero attached hydrogens (tertiary/aromatic N) is 2. The van der Waals surface area contributed by atoms with Gasteiger partial charge >= 0.3 is 21.8 Å². The Morgan fingerprint density at radius 1 is 1.10 bits per heavy atom. The van der Waals surface area contributed by atoms with Crippen LogP contribution in [0, 0.1) is 6.92 Å². The molecule has 0 aliphatic carbocycles. The summed E-state index contributed by atoms with van der Waals surface area (Å²) in [6.07, 6.45) is -4.61. The Morgan fingerprint density at radius 2 is 1.76 bits per heavy atom. The SMILES string of the molecule is CC(=O)Nc1cc([C@@H](C)Nc2nc(C)nc3c4c(c(OS(=O)(=O)C(F)(F)F)cc23)OC(C)(C)C4)cc(C(F)(F)F)c1. The predicted octanol–water partition coefficient (Wildman–Crippen LogP) is 6.03. The lowest BCUT2D eigenvalue weighted by atomic mass is 9.98. The lowest BCUT2D eigenvalue weighted by molar-refractivity contribution is -0.137. The largest absolute Gasteiger partial charge is 0.534 e. The fourth-order valence-electron chi connectivity index (χ4n) is 4.38. The molecule has 0 unspecified atom stereocenters. The van der Waals surface area contributed by atoms with E-state index in [2.05, 4.69) is 24.8 Å². The first-order valence-corrected chi connectivity index (χ1v) is 13.4. The van der Waals surface area contributed by atoms with Crippen molar-refractivity contribution < 1.29 is 48.5 Å². The van der Waals surface area contributed by atoms with E-state index in [0.717, 1.165) is 25.1 Å². The van der Waals surface area contributed by atoms with Crippen LogP contribution in [-0.2, 0) is 27.5 Å². The van der Waals surface area contributed by atoms with Crippen LogP contribution in [0.2, 0.25) is 0 Å². The van der Waals surface area contributed by atoms with Gasteiger partial charge in [0.1, 0.15) is 17.2 Å². The Bertz CT molecular complexity index is 1660. The van der Waals surface area contributed by atoms with Crippen LogP contribution in [0.3, 0.4) is 0 Å². The molecule has 1 aromatic heterocycles. The van der Waals surface area contributed by atoms with E-state index in [-0.39, 0.29) is 51.5 Å². The van der Waals surface area contributed by atoms with E-state index >= 15 is 0 Å². The van der Waals surface area contributed by atoms with Crippen molar-refractivity contribution in [3.05, 3.63) is 46.8 Å². The van der Waals surface area contributed by atoms with Gasteiger partial charge in [-0.3, -0.25) is 4.79 Å². The number of rotatable bonds is 6. The number of hydrogen-bond acceptors (Lipinski definition) is 8. The number of hydrogen-bond donors (Lipinski definition) is 2. The second kappa shape index (κ2) is 9.92. The van der Waals surface area contributed by atoms with Crippen molar-refractivity contribution in [1.82, 2.24) is 9.97 Å². The van der Waals surface area contributed by atoms with Crippen LogP contribution in [0.15, 0.2) is 24.3 Å². The van der Waals surface area contributed by atoms with E-state index in [1.54, 1.807) is 13.8 Å². The van der Waals surface area contributed by atoms with Crippen molar-refractivity contribution in [1.29, 1.82) is 0 Å². The number of amides is 1. The average molecular weight is 607 g/mol. The van der Waals surface area contributed by atoms with Crippen LogP contribution in [-0.4, -0.2) is 35.4 Å². The van der Waals surface area contributed by atoms with E-state index in [1.165, 1.54) is 19.9 Å². The number of benzene rings is 2. The third kappa shape index (κ3) is 6.26. The van der Waals surface area contributed by atoms with Crippen molar-refractivity contribution in [2.45, 2.75) is 64.4 Å². The highest BCUT2D eigenvalue weighted by Crippen LogP contribution is 2.48. The summed E-state index contributed by atoms with van der Waals surface area (Å²) in [4.78, 5) is 20.2. The fraction of sp³-hybridized carbons (Fsp3) is 0.400. The molecule has 0 saturated carbocycles. The van der Waals surface area contributed by atoms with E-state index < -0.39 is 50.7 Å². The highest BCUT2D eigenvalue weighted by atomic mass is 32.2. The van der Waals surface area contributed by atoms with Crippen LogP contribution in [0.25, 0.3) is 10.9 Å². The van der Waals surface area contributed by atoms with Crippen LogP contribution in [0.4, 0.5) is 37.8 Å². The molecule has 1 aliphatic heterocycles. The lowest BCUT2D eigenvalue weighted by Crippen LogP contribution is -2.28. The normalized spacial score (nSPS) is 15.7. The Kier molecular flexibility index (Phi) is 7.29. The number of halogens is 6. The van der Waals surface area contributed by atoms with Crippen molar-refractivity contribution in [2.24, 2.45) is 0 Å². The molecule has 2 heterocycles. The molecule has 1 atom stereocenters. The Hall–Kier alpha value is -3.82. The Balaban J connectivity index is 1.86. The molecule has 2 aromatic carbocycles. The smallest absolute Gasteiger partial charge is 0.483 e. The topological polar surface area (TPSA) is 120 Å². The number of aryl methyl sites for hydroxylation is 1. The molecule has 41 heavy (non-hydrogen) atoms. The van der Waals surface area contributed by atoms with Gasteiger partial charge in [-0.25, -0.2) is 9.97 Å². The number of aromatic nitrogens is 2. The lowest BCUT2D eigenvalue weighted by Gasteiger charge is -2.21. The van der Waals surface area contributed by atoms with Crippen molar-refractivity contribution >= 4 is 38.4 Å². The van der Waals surface area contributed by atoms with Gasteiger partial charge < -0.3 is 19.6 Å². The molecule has 9 nitrogen and oxygen atoms in total. The first-order chi connectivity index (χ1) is 18.7. The van der Waals surface area contributed by atoms with Gasteiger partial charge in [-0.1, -0.05) is 0 Å². The maximum absolute atomic E-state index is 13.6. The molecule has 2 N–H and O–H groups in total. The number of nitrogens with one attached hydrogen (secondary N) is 2. The van der Waals surface area contributed by atoms with Gasteiger partial charge in [-0.2, -0.15) is 34.8 Å². The van der Waals surface area contributed by atoms with E-state index in [4.69, 9.17) is 4.74 Å². The molecule has 1 aliphatic rings. The number of carbonyl (C=O) groups is 1. The summed E-state index contributed by atoms with van der Waals surface area (Å²) in [5.74, 6) is -1.37. The van der Waals surface area contributed by atoms with Gasteiger partial charge in [0.25, 0.3) is 0 Å². The Labute approximate surface area is 230 Å². The zero-order valence-electron chi connectivity index (χ0n) is 22.2. The summed E-state index contributed by atoms with van der Waals surface area (Å²) in [5, 5.41) is 5.30. The standard InChI is InChI=1S/C25H24F6N4O5S/c1-11(14-6-15(24(26,27)28)8-16(7-14)35-13(3)36)32-22-17-9-19(40-41(37,38)25(29,30)31)21-18(10-23(4,5)39-21)20(17)33-12(2)34-22/h6-9,11H,10H2,1-5H3,(H,35,36)(H,32,33,34)/t11-/m1/s1. The minimum atomic E-state index is -6.08. The van der Waals surface area contributed by atoms with Gasteiger partial charge in [-0.15, -0.1) is 0 Å². The van der Waals surface area contributed by atoms with Gasteiger partial charge in [0, 0.05) is 30.0 Å². The molecule has 0 saturated heterocycles. The average Bonchev–Trinajstić information content (AvgIpc) is 3.13. The first kappa shape index (κ1) is 30.1. The number of anilines is 2. The molecule has 1 amide bonds. The molecule has 0 radical (unpaired) electrons. The summed E-state index contributed by atoms with van der Waals surface area (Å²) in [7, 11) is -6.08. The highest BCUT2D eigenvalue weighted by Gasteiger charge is 2.49. The summed E-state index contributed by atoms with van der Waals surface area (Å²) in [5.41, 5.74) is -7.21. The maximum Gasteiger partial charge on any atom is 0.534 e. The zero-order chi connectivity index (χ0) is 30.7. The van der Waals surface area contributed by atoms with Gasteiger partial charge in [0.05, 0.1) is 17.1 Å². The number of ether oxygens (including phenoxy) is 1. The van der Waals surface area contributed by atoms with Gasteiger partial charge in [-0.05, 0) is 57.5 Å². The van der Waals surface area contributed by atoms with Crippen LogP contribution in [0.1, 0.15) is 56.3 Å². The first-order valence-electron chi connectivity index (χ1n) is 12.0. The summed E-state index contributed by atoms with van der Waals surface area (Å²) in [6, 6.07) is 3.05. The number of carbonyl (C=O) groups excluding carboxylic acids is 1. The molecular formula is C25H24F6N4O5S. The van der Waals surface area contributed by atoms with E-state index in [1.807, 2.05) is 0 Å². The minimum absolute atomic E-state index is 0.0137. The quantitative estimate of drug-likeness (QED) is 0.198.